The highest BCUT2D eigenvalue weighted by molar-refractivity contribution is 7.92. The number of hydrogen-bond acceptors (Lipinski definition) is 14. The molecule has 5 aromatic rings. The Morgan fingerprint density at radius 3 is 1.82 bits per heavy atom. The molecular weight excluding hydrogens is 855 g/mol. The van der Waals surface area contributed by atoms with E-state index in [1.807, 2.05) is 19.9 Å². The van der Waals surface area contributed by atoms with Crippen molar-refractivity contribution in [3.8, 4) is 0 Å². The summed E-state index contributed by atoms with van der Waals surface area (Å²) < 4.78 is 97.8. The van der Waals surface area contributed by atoms with E-state index < -0.39 is 39.6 Å². The molecule has 2 aromatic heterocycles. The number of sulfone groups is 3. The second kappa shape index (κ2) is 17.5. The number of anilines is 1. The number of nitrogen functional groups attached to an aromatic ring is 1. The predicted octanol–water partition coefficient (Wildman–Crippen LogP) is 2.79. The Balaban J connectivity index is 0.000000169. The molecule has 0 saturated heterocycles. The first-order chi connectivity index (χ1) is 28.1. The topological polar surface area (TPSA) is 252 Å². The highest BCUT2D eigenvalue weighted by atomic mass is 32.2. The van der Waals surface area contributed by atoms with Crippen LogP contribution in [0.1, 0.15) is 60.6 Å². The third-order valence-electron chi connectivity index (χ3n) is 10.2. The van der Waals surface area contributed by atoms with Crippen molar-refractivity contribution in [1.29, 1.82) is 0 Å². The first kappa shape index (κ1) is 44.6. The van der Waals surface area contributed by atoms with Gasteiger partial charge in [0.05, 0.1) is 69.7 Å². The number of carbonyl (C=O) groups excluding carboxylic acids is 1. The number of aliphatic hydroxyl groups excluding tert-OH is 1. The number of nitrogens with zero attached hydrogens (tertiary/aromatic N) is 3. The number of rotatable bonds is 9. The Labute approximate surface area is 349 Å². The maximum Gasteiger partial charge on any atom is 0.264 e. The summed E-state index contributed by atoms with van der Waals surface area (Å²) in [7, 11) is -12.7. The van der Waals surface area contributed by atoms with E-state index in [0.29, 0.717) is 64.0 Å². The molecule has 0 spiro atoms. The fraction of sp³-hybridized carbons (Fsp3) is 0.325. The average Bonchev–Trinajstić information content (AvgIpc) is 3.93. The van der Waals surface area contributed by atoms with E-state index in [4.69, 9.17) is 10.8 Å². The van der Waals surface area contributed by atoms with Gasteiger partial charge in [0.25, 0.3) is 16.0 Å². The van der Waals surface area contributed by atoms with Crippen LogP contribution in [-0.4, -0.2) is 83.0 Å². The van der Waals surface area contributed by atoms with E-state index in [0.717, 1.165) is 50.9 Å². The van der Waals surface area contributed by atoms with Crippen LogP contribution in [0.25, 0.3) is 0 Å². The maximum absolute atomic E-state index is 12.5. The van der Waals surface area contributed by atoms with Crippen LogP contribution in [0, 0.1) is 13.8 Å². The minimum Gasteiger partial charge on any atom is -0.392 e. The number of hydrogen-bond donors (Lipinski definition) is 3. The molecule has 20 heteroatoms. The number of benzene rings is 3. The molecular formula is C40H45N5O11S4. The molecule has 0 unspecified atom stereocenters. The molecule has 60 heavy (non-hydrogen) atoms. The summed E-state index contributed by atoms with van der Waals surface area (Å²) in [6.07, 6.45) is 5.77. The third kappa shape index (κ3) is 10.7. The maximum atomic E-state index is 12.5. The standard InChI is InChI=1S/C21H23N5O3S.C10H12O5S2.C9H10O3S/c1-13-7-20(22)25-14(2)18(13)10-23-21(27)17-9-24-26(12-17)11-15-3-4-19-16(8-15)5-6-30(19,28)29;1-16(11,12)15-7-8-2-3-10-9(6-8)4-5-17(10,13)14;10-6-7-1-2-9-8(5-7)3-4-13(9,11)12/h3-4,7-9,12H,5-6,10-11H2,1-2H3,(H2,22,25)(H,23,27);2-3,6H,4-5,7H2,1H3;1-2,5,10H,3-4,6H2. The number of aromatic nitrogens is 3. The van der Waals surface area contributed by atoms with E-state index in [9.17, 15) is 38.5 Å². The van der Waals surface area contributed by atoms with E-state index >= 15 is 0 Å². The lowest BCUT2D eigenvalue weighted by atomic mass is 10.1. The predicted molar refractivity (Wildman–Crippen MR) is 223 cm³/mol. The van der Waals surface area contributed by atoms with Crippen molar-refractivity contribution in [2.75, 3.05) is 29.2 Å². The molecule has 320 valence electrons. The normalized spacial score (nSPS) is 16.3. The van der Waals surface area contributed by atoms with Gasteiger partial charge in [-0.2, -0.15) is 13.5 Å². The molecule has 0 aliphatic carbocycles. The van der Waals surface area contributed by atoms with Crippen molar-refractivity contribution in [3.05, 3.63) is 129 Å². The van der Waals surface area contributed by atoms with E-state index in [1.165, 1.54) is 12.3 Å². The smallest absolute Gasteiger partial charge is 0.264 e. The summed E-state index contributed by atoms with van der Waals surface area (Å²) in [6, 6.07) is 16.9. The molecule has 5 heterocycles. The second-order valence-electron chi connectivity index (χ2n) is 14.7. The largest absolute Gasteiger partial charge is 0.392 e. The molecule has 4 N–H and O–H groups in total. The Bertz CT molecular complexity index is 2910. The van der Waals surface area contributed by atoms with Gasteiger partial charge in [-0.25, -0.2) is 30.2 Å². The van der Waals surface area contributed by atoms with Crippen LogP contribution in [0.15, 0.2) is 87.7 Å². The van der Waals surface area contributed by atoms with Crippen LogP contribution in [-0.2, 0) is 89.4 Å². The lowest BCUT2D eigenvalue weighted by molar-refractivity contribution is 0.0950. The van der Waals surface area contributed by atoms with Gasteiger partial charge in [0.2, 0.25) is 0 Å². The summed E-state index contributed by atoms with van der Waals surface area (Å²) in [5.41, 5.74) is 13.7. The van der Waals surface area contributed by atoms with Gasteiger partial charge in [-0.1, -0.05) is 36.4 Å². The number of aliphatic hydroxyl groups is 1. The lowest BCUT2D eigenvalue weighted by Crippen LogP contribution is -2.23. The van der Waals surface area contributed by atoms with Gasteiger partial charge in [0.15, 0.2) is 29.5 Å². The summed E-state index contributed by atoms with van der Waals surface area (Å²) in [5, 5.41) is 16.0. The van der Waals surface area contributed by atoms with Crippen molar-refractivity contribution in [1.82, 2.24) is 20.1 Å². The zero-order chi connectivity index (χ0) is 43.6. The minimum absolute atomic E-state index is 0.0344. The summed E-state index contributed by atoms with van der Waals surface area (Å²) >= 11 is 0. The van der Waals surface area contributed by atoms with Crippen LogP contribution in [0.4, 0.5) is 5.82 Å². The zero-order valence-electron chi connectivity index (χ0n) is 33.1. The van der Waals surface area contributed by atoms with Crippen molar-refractivity contribution in [2.45, 2.75) is 74.1 Å². The molecule has 3 aliphatic heterocycles. The van der Waals surface area contributed by atoms with Gasteiger partial charge in [-0.3, -0.25) is 13.7 Å². The second-order valence-corrected chi connectivity index (χ2v) is 22.6. The molecule has 0 bridgehead atoms. The quantitative estimate of drug-likeness (QED) is 0.180. The first-order valence-corrected chi connectivity index (χ1v) is 25.4. The van der Waals surface area contributed by atoms with E-state index in [-0.39, 0.29) is 36.4 Å². The highest BCUT2D eigenvalue weighted by Crippen LogP contribution is 2.29. The third-order valence-corrected chi connectivity index (χ3v) is 16.1. The van der Waals surface area contributed by atoms with Crippen molar-refractivity contribution < 1.29 is 47.8 Å². The number of amides is 1. The number of carbonyl (C=O) groups is 1. The Kier molecular flexibility index (Phi) is 13.0. The van der Waals surface area contributed by atoms with Crippen LogP contribution in [0.2, 0.25) is 0 Å². The molecule has 3 aromatic carbocycles. The Morgan fingerprint density at radius 1 is 0.800 bits per heavy atom. The number of aryl methyl sites for hydroxylation is 5. The Hall–Kier alpha value is -4.99. The first-order valence-electron chi connectivity index (χ1n) is 18.7. The molecule has 16 nitrogen and oxygen atoms in total. The number of fused-ring (bicyclic) bond motifs is 3. The highest BCUT2D eigenvalue weighted by Gasteiger charge is 2.28. The lowest BCUT2D eigenvalue weighted by Gasteiger charge is -2.11. The van der Waals surface area contributed by atoms with Gasteiger partial charge in [-0.15, -0.1) is 0 Å². The molecule has 8 rings (SSSR count). The summed E-state index contributed by atoms with van der Waals surface area (Å²) in [6.45, 7) is 4.52. The molecule has 0 atom stereocenters. The minimum atomic E-state index is -3.48. The van der Waals surface area contributed by atoms with Gasteiger partial charge in [-0.05, 0) is 102 Å². The van der Waals surface area contributed by atoms with Crippen LogP contribution >= 0.6 is 0 Å². The van der Waals surface area contributed by atoms with Crippen molar-refractivity contribution >= 4 is 51.4 Å². The fourth-order valence-electron chi connectivity index (χ4n) is 7.10. The van der Waals surface area contributed by atoms with Crippen LogP contribution < -0.4 is 11.1 Å². The van der Waals surface area contributed by atoms with Crippen molar-refractivity contribution in [3.63, 3.8) is 0 Å². The van der Waals surface area contributed by atoms with Gasteiger partial charge < -0.3 is 16.2 Å². The molecule has 1 amide bonds. The number of nitrogens with two attached hydrogens (primary N) is 1. The average molecular weight is 900 g/mol. The Morgan fingerprint density at radius 2 is 1.30 bits per heavy atom. The van der Waals surface area contributed by atoms with Crippen LogP contribution in [0.5, 0.6) is 0 Å². The van der Waals surface area contributed by atoms with E-state index in [1.54, 1.807) is 59.4 Å². The van der Waals surface area contributed by atoms with Gasteiger partial charge in [0.1, 0.15) is 5.82 Å². The SMILES string of the molecule is CS(=O)(=O)OCc1ccc2c(c1)CCS2(=O)=O.Cc1cc(N)nc(C)c1CNC(=O)c1cnn(Cc2ccc3c(c2)CCS3(=O)=O)c1.O=S1(=O)CCc2cc(CO)ccc21. The number of pyridine rings is 1. The molecule has 0 fully saturated rings. The summed E-state index contributed by atoms with van der Waals surface area (Å²) in [4.78, 5) is 18.0. The molecule has 0 radical (unpaired) electrons. The van der Waals surface area contributed by atoms with Crippen LogP contribution in [0.3, 0.4) is 0 Å². The van der Waals surface area contributed by atoms with Gasteiger partial charge >= 0.3 is 0 Å². The van der Waals surface area contributed by atoms with Crippen molar-refractivity contribution in [2.24, 2.45) is 0 Å². The molecule has 0 saturated carbocycles. The zero-order valence-corrected chi connectivity index (χ0v) is 36.3. The van der Waals surface area contributed by atoms with E-state index in [2.05, 4.69) is 19.6 Å². The molecule has 3 aliphatic rings. The monoisotopic (exact) mass is 899 g/mol. The fourth-order valence-corrected chi connectivity index (χ4v) is 12.1. The summed E-state index contributed by atoms with van der Waals surface area (Å²) in [5.74, 6) is 0.735. The van der Waals surface area contributed by atoms with Gasteiger partial charge in [0, 0.05) is 18.4 Å². The number of nitrogens with one attached hydrogen (secondary N) is 1.